The second kappa shape index (κ2) is 6.41. The van der Waals surface area contributed by atoms with Gasteiger partial charge >= 0.3 is 5.97 Å². The van der Waals surface area contributed by atoms with E-state index in [2.05, 4.69) is 4.98 Å². The molecule has 1 amide bonds. The van der Waals surface area contributed by atoms with Gasteiger partial charge in [0.15, 0.2) is 0 Å². The second-order valence-electron chi connectivity index (χ2n) is 4.42. The Morgan fingerprint density at radius 1 is 1.60 bits per heavy atom. The van der Waals surface area contributed by atoms with Crippen LogP contribution < -0.4 is 0 Å². The molecule has 1 saturated heterocycles. The van der Waals surface area contributed by atoms with Crippen LogP contribution in [0, 0.1) is 6.92 Å². The van der Waals surface area contributed by atoms with Crippen LogP contribution in [-0.4, -0.2) is 44.0 Å². The fourth-order valence-corrected chi connectivity index (χ4v) is 4.00. The Hall–Kier alpha value is -1.34. The van der Waals surface area contributed by atoms with Crippen LogP contribution in [0.15, 0.2) is 11.5 Å². The molecule has 0 spiro atoms. The molecule has 108 valence electrons. The summed E-state index contributed by atoms with van der Waals surface area (Å²) in [7, 11) is 0. The lowest BCUT2D eigenvalue weighted by Crippen LogP contribution is -2.44. The number of thioether (sulfide) groups is 1. The standard InChI is InChI=1S/C13H16N2O3S2/c1-3-12-15(10(7-20-12)13(17)18)11(16)5-4-9-6-19-8(2)14-9/h4-6,10,12H,3,7H2,1-2H3,(H,17,18). The largest absolute Gasteiger partial charge is 0.480 e. The number of hydrogen-bond acceptors (Lipinski definition) is 5. The fourth-order valence-electron chi connectivity index (χ4n) is 2.06. The summed E-state index contributed by atoms with van der Waals surface area (Å²) < 4.78 is 0. The van der Waals surface area contributed by atoms with Gasteiger partial charge in [0.05, 0.1) is 16.1 Å². The molecule has 1 aliphatic heterocycles. The Balaban J connectivity index is 2.13. The number of aryl methyl sites for hydroxylation is 1. The predicted octanol–water partition coefficient (Wildman–Crippen LogP) is 2.23. The molecular weight excluding hydrogens is 296 g/mol. The predicted molar refractivity (Wildman–Crippen MR) is 80.7 cm³/mol. The summed E-state index contributed by atoms with van der Waals surface area (Å²) in [5.74, 6) is -0.761. The summed E-state index contributed by atoms with van der Waals surface area (Å²) in [6.45, 7) is 3.85. The van der Waals surface area contributed by atoms with Crippen molar-refractivity contribution in [3.05, 3.63) is 22.2 Å². The monoisotopic (exact) mass is 312 g/mol. The van der Waals surface area contributed by atoms with Crippen molar-refractivity contribution in [1.29, 1.82) is 0 Å². The van der Waals surface area contributed by atoms with Crippen molar-refractivity contribution in [2.45, 2.75) is 31.7 Å². The highest BCUT2D eigenvalue weighted by atomic mass is 32.2. The average molecular weight is 312 g/mol. The van der Waals surface area contributed by atoms with Gasteiger partial charge < -0.3 is 10.0 Å². The first kappa shape index (κ1) is 15.1. The summed E-state index contributed by atoms with van der Waals surface area (Å²) in [6, 6.07) is -0.737. The maximum absolute atomic E-state index is 12.2. The minimum Gasteiger partial charge on any atom is -0.480 e. The third-order valence-corrected chi connectivity index (χ3v) is 5.26. The summed E-state index contributed by atoms with van der Waals surface area (Å²) in [5.41, 5.74) is 0.729. The molecule has 1 fully saturated rings. The SMILES string of the molecule is CCC1SCC(C(=O)O)N1C(=O)C=Cc1csc(C)n1. The highest BCUT2D eigenvalue weighted by Crippen LogP contribution is 2.31. The molecule has 1 aliphatic rings. The van der Waals surface area contributed by atoms with Gasteiger partial charge in [0.25, 0.3) is 0 Å². The lowest BCUT2D eigenvalue weighted by Gasteiger charge is -2.25. The van der Waals surface area contributed by atoms with Crippen LogP contribution in [0.2, 0.25) is 0 Å². The van der Waals surface area contributed by atoms with Gasteiger partial charge in [0, 0.05) is 17.2 Å². The Kier molecular flexibility index (Phi) is 4.82. The van der Waals surface area contributed by atoms with E-state index in [9.17, 15) is 14.7 Å². The van der Waals surface area contributed by atoms with Crippen LogP contribution >= 0.6 is 23.1 Å². The van der Waals surface area contributed by atoms with E-state index in [0.29, 0.717) is 5.75 Å². The molecule has 1 aromatic rings. The molecule has 7 heteroatoms. The second-order valence-corrected chi connectivity index (χ2v) is 6.69. The van der Waals surface area contributed by atoms with Gasteiger partial charge in [0.2, 0.25) is 5.91 Å². The molecular formula is C13H16N2O3S2. The van der Waals surface area contributed by atoms with Crippen molar-refractivity contribution in [3.8, 4) is 0 Å². The van der Waals surface area contributed by atoms with Gasteiger partial charge in [-0.1, -0.05) is 6.92 Å². The van der Waals surface area contributed by atoms with Crippen molar-refractivity contribution < 1.29 is 14.7 Å². The highest BCUT2D eigenvalue weighted by molar-refractivity contribution is 8.00. The van der Waals surface area contributed by atoms with E-state index in [1.54, 1.807) is 6.08 Å². The zero-order chi connectivity index (χ0) is 14.7. The van der Waals surface area contributed by atoms with Gasteiger partial charge in [0.1, 0.15) is 6.04 Å². The van der Waals surface area contributed by atoms with Crippen molar-refractivity contribution in [1.82, 2.24) is 9.88 Å². The molecule has 2 atom stereocenters. The molecule has 0 aliphatic carbocycles. The molecule has 0 saturated carbocycles. The number of aromatic nitrogens is 1. The van der Waals surface area contributed by atoms with E-state index in [-0.39, 0.29) is 11.3 Å². The van der Waals surface area contributed by atoms with Crippen molar-refractivity contribution in [2.75, 3.05) is 5.75 Å². The minimum atomic E-state index is -0.945. The first-order valence-corrected chi connectivity index (χ1v) is 8.22. The number of thiazole rings is 1. The fraction of sp³-hybridized carbons (Fsp3) is 0.462. The number of carboxylic acid groups (broad SMARTS) is 1. The minimum absolute atomic E-state index is 0.0644. The van der Waals surface area contributed by atoms with Crippen LogP contribution in [0.5, 0.6) is 0 Å². The molecule has 1 N–H and O–H groups in total. The van der Waals surface area contributed by atoms with Gasteiger partial charge in [-0.05, 0) is 19.4 Å². The average Bonchev–Trinajstić information content (AvgIpc) is 3.01. The third kappa shape index (κ3) is 3.21. The number of amides is 1. The highest BCUT2D eigenvalue weighted by Gasteiger charge is 2.39. The number of hydrogen-bond donors (Lipinski definition) is 1. The van der Waals surface area contributed by atoms with E-state index >= 15 is 0 Å². The van der Waals surface area contributed by atoms with Gasteiger partial charge in [-0.3, -0.25) is 4.79 Å². The molecule has 0 radical (unpaired) electrons. The Morgan fingerprint density at radius 2 is 2.35 bits per heavy atom. The van der Waals surface area contributed by atoms with E-state index in [4.69, 9.17) is 0 Å². The first-order valence-electron chi connectivity index (χ1n) is 6.29. The lowest BCUT2D eigenvalue weighted by molar-refractivity contribution is -0.147. The van der Waals surface area contributed by atoms with Crippen molar-refractivity contribution in [3.63, 3.8) is 0 Å². The van der Waals surface area contributed by atoms with Crippen LogP contribution in [0.25, 0.3) is 6.08 Å². The molecule has 5 nitrogen and oxygen atoms in total. The molecule has 20 heavy (non-hydrogen) atoms. The van der Waals surface area contributed by atoms with Crippen LogP contribution in [0.1, 0.15) is 24.0 Å². The topological polar surface area (TPSA) is 70.5 Å². The number of nitrogens with zero attached hydrogens (tertiary/aromatic N) is 2. The zero-order valence-electron chi connectivity index (χ0n) is 11.3. The van der Waals surface area contributed by atoms with Crippen LogP contribution in [0.3, 0.4) is 0 Å². The van der Waals surface area contributed by atoms with Gasteiger partial charge in [-0.25, -0.2) is 9.78 Å². The molecule has 0 aromatic carbocycles. The maximum atomic E-state index is 12.2. The number of aliphatic carboxylic acids is 1. The summed E-state index contributed by atoms with van der Waals surface area (Å²) in [4.78, 5) is 29.2. The lowest BCUT2D eigenvalue weighted by atomic mass is 10.2. The Labute approximate surface area is 125 Å². The van der Waals surface area contributed by atoms with Crippen molar-refractivity contribution in [2.24, 2.45) is 0 Å². The maximum Gasteiger partial charge on any atom is 0.327 e. The van der Waals surface area contributed by atoms with Gasteiger partial charge in [-0.2, -0.15) is 0 Å². The van der Waals surface area contributed by atoms with E-state index in [0.717, 1.165) is 17.1 Å². The third-order valence-electron chi connectivity index (χ3n) is 3.01. The summed E-state index contributed by atoms with van der Waals surface area (Å²) >= 11 is 3.03. The molecule has 2 unspecified atom stereocenters. The first-order chi connectivity index (χ1) is 9.52. The van der Waals surface area contributed by atoms with Crippen LogP contribution in [0.4, 0.5) is 0 Å². The zero-order valence-corrected chi connectivity index (χ0v) is 12.9. The van der Waals surface area contributed by atoms with E-state index in [1.807, 2.05) is 19.2 Å². The molecule has 1 aromatic heterocycles. The smallest absolute Gasteiger partial charge is 0.327 e. The summed E-state index contributed by atoms with van der Waals surface area (Å²) in [5, 5.41) is 11.9. The molecule has 0 bridgehead atoms. The number of carbonyl (C=O) groups excluding carboxylic acids is 1. The Bertz CT molecular complexity index is 541. The quantitative estimate of drug-likeness (QED) is 0.863. The van der Waals surface area contributed by atoms with E-state index < -0.39 is 12.0 Å². The normalized spacial score (nSPS) is 22.6. The number of carbonyl (C=O) groups is 2. The molecule has 2 rings (SSSR count). The number of rotatable bonds is 4. The van der Waals surface area contributed by atoms with Crippen molar-refractivity contribution >= 4 is 41.1 Å². The molecule has 2 heterocycles. The number of carboxylic acids is 1. The Morgan fingerprint density at radius 3 is 2.90 bits per heavy atom. The van der Waals surface area contributed by atoms with E-state index in [1.165, 1.54) is 34.1 Å². The van der Waals surface area contributed by atoms with Gasteiger partial charge in [-0.15, -0.1) is 23.1 Å². The summed E-state index contributed by atoms with van der Waals surface area (Å²) in [6.07, 6.45) is 3.79. The van der Waals surface area contributed by atoms with Crippen LogP contribution in [-0.2, 0) is 9.59 Å².